The van der Waals surface area contributed by atoms with Gasteiger partial charge in [-0.05, 0) is 29.8 Å². The second-order valence-corrected chi connectivity index (χ2v) is 4.85. The summed E-state index contributed by atoms with van der Waals surface area (Å²) in [5.41, 5.74) is 11.7. The molecule has 9 heteroatoms. The van der Waals surface area contributed by atoms with Crippen LogP contribution in [0.1, 0.15) is 11.1 Å². The molecule has 0 radical (unpaired) electrons. The van der Waals surface area contributed by atoms with Crippen molar-refractivity contribution in [1.29, 1.82) is 0 Å². The number of methoxy groups -OCH3 is 1. The van der Waals surface area contributed by atoms with Gasteiger partial charge in [-0.2, -0.15) is 5.10 Å². The molecule has 9 nitrogen and oxygen atoms in total. The van der Waals surface area contributed by atoms with E-state index < -0.39 is 4.92 Å². The van der Waals surface area contributed by atoms with Gasteiger partial charge in [0.15, 0.2) is 5.75 Å². The summed E-state index contributed by atoms with van der Waals surface area (Å²) in [5.74, 6) is 0.608. The zero-order chi connectivity index (χ0) is 18.2. The van der Waals surface area contributed by atoms with Crippen LogP contribution in [0.15, 0.2) is 52.7 Å². The molecule has 0 aromatic heterocycles. The van der Waals surface area contributed by atoms with Gasteiger partial charge in [0.2, 0.25) is 5.96 Å². The van der Waals surface area contributed by atoms with Crippen LogP contribution < -0.4 is 20.9 Å². The predicted molar refractivity (Wildman–Crippen MR) is 93.8 cm³/mol. The Labute approximate surface area is 143 Å². The zero-order valence-electron chi connectivity index (χ0n) is 13.5. The van der Waals surface area contributed by atoms with Crippen LogP contribution in [-0.2, 0) is 6.61 Å². The van der Waals surface area contributed by atoms with Crippen LogP contribution in [0, 0.1) is 10.1 Å². The van der Waals surface area contributed by atoms with Crippen LogP contribution in [-0.4, -0.2) is 24.2 Å². The lowest BCUT2D eigenvalue weighted by Crippen LogP contribution is -2.21. The van der Waals surface area contributed by atoms with Crippen molar-refractivity contribution in [3.63, 3.8) is 0 Å². The standard InChI is InChI=1S/C16H17N5O4/c1-24-14-7-6-11(9-19-20-16(17)18)8-12(14)10-25-15-5-3-2-4-13(15)21(22)23/h2-9H,10H2,1H3,(H4,17,18,20). The summed E-state index contributed by atoms with van der Waals surface area (Å²) in [6.45, 7) is 0.0814. The normalized spacial score (nSPS) is 10.4. The Kier molecular flexibility index (Phi) is 5.88. The first-order valence-electron chi connectivity index (χ1n) is 7.16. The average molecular weight is 343 g/mol. The fraction of sp³-hybridized carbons (Fsp3) is 0.125. The fourth-order valence-corrected chi connectivity index (χ4v) is 2.04. The number of hydrogen-bond acceptors (Lipinski definition) is 6. The predicted octanol–water partition coefficient (Wildman–Crippen LogP) is 1.79. The lowest BCUT2D eigenvalue weighted by molar-refractivity contribution is -0.385. The summed E-state index contributed by atoms with van der Waals surface area (Å²) in [6.07, 6.45) is 1.47. The van der Waals surface area contributed by atoms with E-state index in [1.807, 2.05) is 0 Å². The number of nitro groups is 1. The first kappa shape index (κ1) is 17.7. The Morgan fingerprint density at radius 3 is 2.68 bits per heavy atom. The summed E-state index contributed by atoms with van der Waals surface area (Å²) in [6, 6.07) is 11.4. The van der Waals surface area contributed by atoms with Gasteiger partial charge in [0.05, 0.1) is 18.2 Å². The zero-order valence-corrected chi connectivity index (χ0v) is 13.5. The molecule has 4 N–H and O–H groups in total. The van der Waals surface area contributed by atoms with E-state index >= 15 is 0 Å². The van der Waals surface area contributed by atoms with E-state index in [0.29, 0.717) is 16.9 Å². The highest BCUT2D eigenvalue weighted by Gasteiger charge is 2.14. The summed E-state index contributed by atoms with van der Waals surface area (Å²) in [5, 5.41) is 18.3. The SMILES string of the molecule is COc1ccc(C=NN=C(N)N)cc1COc1ccccc1[N+](=O)[O-]. The second-order valence-electron chi connectivity index (χ2n) is 4.85. The molecule has 0 atom stereocenters. The molecule has 0 heterocycles. The lowest BCUT2D eigenvalue weighted by atomic mass is 10.1. The molecular formula is C16H17N5O4. The number of nitrogens with zero attached hydrogens (tertiary/aromatic N) is 3. The molecule has 0 amide bonds. The van der Waals surface area contributed by atoms with E-state index in [-0.39, 0.29) is 24.0 Å². The summed E-state index contributed by atoms with van der Waals surface area (Å²) < 4.78 is 10.9. The minimum Gasteiger partial charge on any atom is -0.496 e. The fourth-order valence-electron chi connectivity index (χ4n) is 2.04. The molecule has 0 spiro atoms. The van der Waals surface area contributed by atoms with Crippen LogP contribution in [0.3, 0.4) is 0 Å². The number of benzene rings is 2. The minimum atomic E-state index is -0.495. The highest BCUT2D eigenvalue weighted by molar-refractivity contribution is 5.82. The van der Waals surface area contributed by atoms with Gasteiger partial charge in [0.25, 0.3) is 0 Å². The monoisotopic (exact) mass is 343 g/mol. The van der Waals surface area contributed by atoms with Gasteiger partial charge in [-0.1, -0.05) is 12.1 Å². The van der Waals surface area contributed by atoms with Gasteiger partial charge in [-0.15, -0.1) is 5.10 Å². The van der Waals surface area contributed by atoms with Crippen LogP contribution in [0.5, 0.6) is 11.5 Å². The van der Waals surface area contributed by atoms with Gasteiger partial charge < -0.3 is 20.9 Å². The molecule has 2 aromatic carbocycles. The first-order chi connectivity index (χ1) is 12.0. The maximum atomic E-state index is 11.0. The maximum Gasteiger partial charge on any atom is 0.310 e. The number of ether oxygens (including phenoxy) is 2. The molecule has 0 aliphatic heterocycles. The largest absolute Gasteiger partial charge is 0.496 e. The van der Waals surface area contributed by atoms with Crippen LogP contribution in [0.4, 0.5) is 5.69 Å². The Morgan fingerprint density at radius 1 is 1.24 bits per heavy atom. The number of nitro benzene ring substituents is 1. The van der Waals surface area contributed by atoms with E-state index in [4.69, 9.17) is 20.9 Å². The summed E-state index contributed by atoms with van der Waals surface area (Å²) in [7, 11) is 1.52. The molecule has 25 heavy (non-hydrogen) atoms. The average Bonchev–Trinajstić information content (AvgIpc) is 2.60. The third-order valence-corrected chi connectivity index (χ3v) is 3.13. The van der Waals surface area contributed by atoms with Crippen LogP contribution >= 0.6 is 0 Å². The number of hydrogen-bond donors (Lipinski definition) is 2. The Bertz CT molecular complexity index is 816. The van der Waals surface area contributed by atoms with Crippen molar-refractivity contribution in [2.45, 2.75) is 6.61 Å². The number of para-hydroxylation sites is 2. The summed E-state index contributed by atoms with van der Waals surface area (Å²) >= 11 is 0. The van der Waals surface area contributed by atoms with E-state index in [1.165, 1.54) is 25.5 Å². The van der Waals surface area contributed by atoms with Gasteiger partial charge >= 0.3 is 5.69 Å². The number of nitrogens with two attached hydrogens (primary N) is 2. The van der Waals surface area contributed by atoms with Gasteiger partial charge in [-0.3, -0.25) is 10.1 Å². The molecule has 2 rings (SSSR count). The van der Waals surface area contributed by atoms with E-state index in [0.717, 1.165) is 0 Å². The number of rotatable bonds is 7. The second kappa shape index (κ2) is 8.29. The van der Waals surface area contributed by atoms with Crippen molar-refractivity contribution in [2.75, 3.05) is 7.11 Å². The van der Waals surface area contributed by atoms with Gasteiger partial charge in [-0.25, -0.2) is 0 Å². The van der Waals surface area contributed by atoms with Crippen molar-refractivity contribution >= 4 is 17.9 Å². The highest BCUT2D eigenvalue weighted by atomic mass is 16.6. The maximum absolute atomic E-state index is 11.0. The first-order valence-corrected chi connectivity index (χ1v) is 7.16. The molecule has 0 aliphatic carbocycles. The van der Waals surface area contributed by atoms with Gasteiger partial charge in [0.1, 0.15) is 12.4 Å². The van der Waals surface area contributed by atoms with E-state index in [2.05, 4.69) is 10.2 Å². The van der Waals surface area contributed by atoms with Crippen molar-refractivity contribution in [1.82, 2.24) is 0 Å². The molecule has 0 bridgehead atoms. The van der Waals surface area contributed by atoms with E-state index in [9.17, 15) is 10.1 Å². The molecule has 0 unspecified atom stereocenters. The molecular weight excluding hydrogens is 326 g/mol. The smallest absolute Gasteiger partial charge is 0.310 e. The molecule has 130 valence electrons. The molecule has 2 aromatic rings. The lowest BCUT2D eigenvalue weighted by Gasteiger charge is -2.11. The third-order valence-electron chi connectivity index (χ3n) is 3.13. The molecule has 0 saturated carbocycles. The minimum absolute atomic E-state index is 0.0814. The topological polar surface area (TPSA) is 138 Å². The molecule has 0 aliphatic rings. The van der Waals surface area contributed by atoms with Crippen molar-refractivity contribution in [2.24, 2.45) is 21.7 Å². The third kappa shape index (κ3) is 4.93. The highest BCUT2D eigenvalue weighted by Crippen LogP contribution is 2.28. The van der Waals surface area contributed by atoms with Crippen LogP contribution in [0.2, 0.25) is 0 Å². The van der Waals surface area contributed by atoms with E-state index in [1.54, 1.807) is 30.3 Å². The van der Waals surface area contributed by atoms with Gasteiger partial charge in [0, 0.05) is 11.6 Å². The molecule has 0 saturated heterocycles. The van der Waals surface area contributed by atoms with Crippen molar-refractivity contribution in [3.05, 3.63) is 63.7 Å². The van der Waals surface area contributed by atoms with Crippen LogP contribution in [0.25, 0.3) is 0 Å². The number of guanidine groups is 1. The van der Waals surface area contributed by atoms with Crippen molar-refractivity contribution in [3.8, 4) is 11.5 Å². The quantitative estimate of drug-likeness (QED) is 0.340. The Hall–Kier alpha value is -3.62. The van der Waals surface area contributed by atoms with Crippen molar-refractivity contribution < 1.29 is 14.4 Å². The molecule has 0 fully saturated rings. The Balaban J connectivity index is 2.22. The Morgan fingerprint density at radius 2 is 2.00 bits per heavy atom. The summed E-state index contributed by atoms with van der Waals surface area (Å²) in [4.78, 5) is 10.5.